The fourth-order valence-electron chi connectivity index (χ4n) is 1.49. The summed E-state index contributed by atoms with van der Waals surface area (Å²) in [4.78, 5) is 0. The van der Waals surface area contributed by atoms with Crippen molar-refractivity contribution < 1.29 is 0 Å². The summed E-state index contributed by atoms with van der Waals surface area (Å²) in [7, 11) is 0. The lowest BCUT2D eigenvalue weighted by Gasteiger charge is -1.95. The van der Waals surface area contributed by atoms with Gasteiger partial charge in [0.05, 0.1) is 0 Å². The maximum absolute atomic E-state index is 2.16. The van der Waals surface area contributed by atoms with Crippen molar-refractivity contribution in [2.24, 2.45) is 0 Å². The van der Waals surface area contributed by atoms with Gasteiger partial charge >= 0.3 is 0 Å². The van der Waals surface area contributed by atoms with E-state index in [-0.39, 0.29) is 0 Å². The van der Waals surface area contributed by atoms with Crippen molar-refractivity contribution in [2.75, 3.05) is 0 Å². The molecule has 0 spiro atoms. The highest BCUT2D eigenvalue weighted by atomic mass is 14.0. The molecule has 2 rings (SSSR count). The minimum absolute atomic E-state index is 1.01. The Kier molecular flexibility index (Phi) is 2.87. The van der Waals surface area contributed by atoms with Crippen LogP contribution in [-0.2, 0) is 6.42 Å². The van der Waals surface area contributed by atoms with Gasteiger partial charge in [-0.05, 0) is 5.56 Å². The molecule has 0 fully saturated rings. The molecular formula is C14H13+. The van der Waals surface area contributed by atoms with E-state index in [1.807, 2.05) is 0 Å². The highest BCUT2D eigenvalue weighted by Crippen LogP contribution is 2.07. The molecule has 2 aromatic rings. The summed E-state index contributed by atoms with van der Waals surface area (Å²) in [6, 6.07) is 23.1. The van der Waals surface area contributed by atoms with Gasteiger partial charge in [0.2, 0.25) is 0 Å². The lowest BCUT2D eigenvalue weighted by atomic mass is 10.1. The first-order valence-corrected chi connectivity index (χ1v) is 4.86. The highest BCUT2D eigenvalue weighted by Gasteiger charge is 1.95. The lowest BCUT2D eigenvalue weighted by Crippen LogP contribution is -1.84. The second-order valence-corrected chi connectivity index (χ2v) is 3.34. The molecule has 0 heterocycles. The summed E-state index contributed by atoms with van der Waals surface area (Å²) in [5.41, 5.74) is 2.71. The molecule has 0 aliphatic carbocycles. The Morgan fingerprint density at radius 1 is 0.714 bits per heavy atom. The van der Waals surface area contributed by atoms with Crippen LogP contribution in [0.3, 0.4) is 0 Å². The van der Waals surface area contributed by atoms with Gasteiger partial charge in [-0.1, -0.05) is 30.3 Å². The van der Waals surface area contributed by atoms with E-state index in [1.165, 1.54) is 11.1 Å². The first-order valence-electron chi connectivity index (χ1n) is 4.86. The molecule has 0 amide bonds. The zero-order valence-electron chi connectivity index (χ0n) is 8.06. The molecule has 2 aromatic carbocycles. The molecule has 0 aromatic heterocycles. The van der Waals surface area contributed by atoms with Crippen molar-refractivity contribution in [1.29, 1.82) is 0 Å². The van der Waals surface area contributed by atoms with E-state index >= 15 is 0 Å². The van der Waals surface area contributed by atoms with Crippen LogP contribution in [0.5, 0.6) is 0 Å². The largest absolute Gasteiger partial charge is 0.0622 e. The summed E-state index contributed by atoms with van der Waals surface area (Å²) >= 11 is 0. The molecule has 0 radical (unpaired) electrons. The molecule has 0 saturated carbocycles. The van der Waals surface area contributed by atoms with Crippen LogP contribution in [-0.4, -0.2) is 0 Å². The van der Waals surface area contributed by atoms with E-state index in [4.69, 9.17) is 0 Å². The summed E-state index contributed by atoms with van der Waals surface area (Å²) < 4.78 is 0. The average Bonchev–Trinajstić information content (AvgIpc) is 2.48. The van der Waals surface area contributed by atoms with Crippen LogP contribution in [0.25, 0.3) is 0 Å². The quantitative estimate of drug-likeness (QED) is 0.621. The molecule has 14 heavy (non-hydrogen) atoms. The molecule has 0 unspecified atom stereocenters. The van der Waals surface area contributed by atoms with Gasteiger partial charge in [0.25, 0.3) is 0 Å². The topological polar surface area (TPSA) is 0 Å². The molecule has 68 valence electrons. The molecule has 0 atom stereocenters. The Bertz CT molecular complexity index is 377. The first kappa shape index (κ1) is 8.89. The zero-order chi connectivity index (χ0) is 9.64. The Morgan fingerprint density at radius 3 is 2.29 bits per heavy atom. The van der Waals surface area contributed by atoms with Crippen LogP contribution < -0.4 is 0 Å². The molecule has 0 nitrogen and oxygen atoms in total. The van der Waals surface area contributed by atoms with Crippen molar-refractivity contribution >= 4 is 0 Å². The fourth-order valence-corrected chi connectivity index (χ4v) is 1.49. The summed E-state index contributed by atoms with van der Waals surface area (Å²) in [6.45, 7) is 0. The van der Waals surface area contributed by atoms with Gasteiger partial charge in [0.1, 0.15) is 0 Å². The smallest absolute Gasteiger partial charge is 0.0470 e. The maximum atomic E-state index is 2.16. The monoisotopic (exact) mass is 181 g/mol. The van der Waals surface area contributed by atoms with E-state index in [0.29, 0.717) is 0 Å². The van der Waals surface area contributed by atoms with Gasteiger partial charge < -0.3 is 0 Å². The van der Waals surface area contributed by atoms with Crippen molar-refractivity contribution in [3.8, 4) is 0 Å². The SMILES string of the molecule is c1ccc(Cc2ccc[cH+]cc2)cc1. The van der Waals surface area contributed by atoms with E-state index in [0.717, 1.165) is 6.42 Å². The van der Waals surface area contributed by atoms with E-state index in [1.54, 1.807) is 0 Å². The van der Waals surface area contributed by atoms with Gasteiger partial charge in [-0.15, -0.1) is 0 Å². The minimum atomic E-state index is 1.01. The third kappa shape index (κ3) is 2.40. The molecule has 0 bridgehead atoms. The third-order valence-corrected chi connectivity index (χ3v) is 2.21. The lowest BCUT2D eigenvalue weighted by molar-refractivity contribution is 1.20. The first-order chi connectivity index (χ1) is 6.95. The van der Waals surface area contributed by atoms with Crippen LogP contribution in [0.1, 0.15) is 11.1 Å². The van der Waals surface area contributed by atoms with Crippen LogP contribution in [0.4, 0.5) is 0 Å². The van der Waals surface area contributed by atoms with Crippen molar-refractivity contribution in [3.05, 3.63) is 77.9 Å². The van der Waals surface area contributed by atoms with Crippen LogP contribution in [0.2, 0.25) is 0 Å². The molecular weight excluding hydrogens is 168 g/mol. The fraction of sp³-hybridized carbons (Fsp3) is 0.0714. The second-order valence-electron chi connectivity index (χ2n) is 3.34. The molecule has 0 aliphatic heterocycles. The second kappa shape index (κ2) is 4.52. The van der Waals surface area contributed by atoms with Crippen LogP contribution in [0.15, 0.2) is 66.7 Å². The Hall–Kier alpha value is -1.69. The van der Waals surface area contributed by atoms with E-state index in [9.17, 15) is 0 Å². The predicted molar refractivity (Wildman–Crippen MR) is 60.1 cm³/mol. The van der Waals surface area contributed by atoms with Crippen molar-refractivity contribution in [2.45, 2.75) is 6.42 Å². The number of hydrogen-bond donors (Lipinski definition) is 0. The minimum Gasteiger partial charge on any atom is -0.0622 e. The Labute approximate surface area is 84.9 Å². The normalized spacial score (nSPS) is 9.71. The maximum Gasteiger partial charge on any atom is 0.0470 e. The number of hydrogen-bond acceptors (Lipinski definition) is 0. The summed E-state index contributed by atoms with van der Waals surface area (Å²) in [5, 5.41) is 0. The zero-order valence-corrected chi connectivity index (χ0v) is 8.06. The van der Waals surface area contributed by atoms with Gasteiger partial charge in [0.15, 0.2) is 0 Å². The van der Waals surface area contributed by atoms with Gasteiger partial charge in [0, 0.05) is 48.4 Å². The van der Waals surface area contributed by atoms with Gasteiger partial charge in [-0.2, -0.15) is 0 Å². The summed E-state index contributed by atoms with van der Waals surface area (Å²) in [5.74, 6) is 0. The van der Waals surface area contributed by atoms with E-state index in [2.05, 4.69) is 66.7 Å². The van der Waals surface area contributed by atoms with Crippen LogP contribution in [0, 0.1) is 0 Å². The van der Waals surface area contributed by atoms with Crippen molar-refractivity contribution in [3.63, 3.8) is 0 Å². The van der Waals surface area contributed by atoms with Crippen LogP contribution >= 0.6 is 0 Å². The predicted octanol–water partition coefficient (Wildman–Crippen LogP) is 3.56. The Balaban J connectivity index is 2.21. The molecule has 0 aliphatic rings. The van der Waals surface area contributed by atoms with E-state index < -0.39 is 0 Å². The molecule has 0 heteroatoms. The van der Waals surface area contributed by atoms with Gasteiger partial charge in [-0.25, -0.2) is 0 Å². The number of rotatable bonds is 2. The Morgan fingerprint density at radius 2 is 1.43 bits per heavy atom. The molecule has 0 N–H and O–H groups in total. The number of benzene rings is 1. The standard InChI is InChI=1S/C14H13/c1-2-5-9-13(8-4-1)12-14-10-6-3-7-11-14/h1-11H,12H2/q+1. The highest BCUT2D eigenvalue weighted by molar-refractivity contribution is 5.24. The van der Waals surface area contributed by atoms with Crippen molar-refractivity contribution in [1.82, 2.24) is 0 Å². The van der Waals surface area contributed by atoms with Gasteiger partial charge in [-0.3, -0.25) is 0 Å². The summed E-state index contributed by atoms with van der Waals surface area (Å²) in [6.07, 6.45) is 1.01. The third-order valence-electron chi connectivity index (χ3n) is 2.21. The molecule has 0 saturated heterocycles. The average molecular weight is 181 g/mol.